The summed E-state index contributed by atoms with van der Waals surface area (Å²) in [5.41, 5.74) is -2.25. The summed E-state index contributed by atoms with van der Waals surface area (Å²) in [5.74, 6) is -2.10. The first kappa shape index (κ1) is 20.6. The van der Waals surface area contributed by atoms with E-state index in [4.69, 9.17) is 14.0 Å². The van der Waals surface area contributed by atoms with Gasteiger partial charge in [-0.25, -0.2) is 0 Å². The van der Waals surface area contributed by atoms with Crippen LogP contribution in [0, 0.1) is 0 Å². The molecule has 0 amide bonds. The number of carboxylic acid groups (broad SMARTS) is 1. The Morgan fingerprint density at radius 3 is 2.15 bits per heavy atom. The van der Waals surface area contributed by atoms with Gasteiger partial charge < -0.3 is 19.2 Å². The number of halogens is 3. The number of rotatable bonds is 5. The normalized spacial score (nSPS) is 20.1. The lowest BCUT2D eigenvalue weighted by Gasteiger charge is -2.32. The zero-order valence-corrected chi connectivity index (χ0v) is 15.3. The molecule has 1 unspecified atom stereocenters. The Bertz CT molecular complexity index is 671. The molecule has 26 heavy (non-hydrogen) atoms. The van der Waals surface area contributed by atoms with Crippen LogP contribution in [0.1, 0.15) is 51.1 Å². The molecule has 0 aromatic heterocycles. The maximum atomic E-state index is 13.2. The Hall–Kier alpha value is -1.74. The Labute approximate surface area is 150 Å². The van der Waals surface area contributed by atoms with Crippen LogP contribution in [0.4, 0.5) is 13.2 Å². The smallest absolute Gasteiger partial charge is 0.466 e. The third kappa shape index (κ3) is 4.15. The molecule has 2 rings (SSSR count). The Balaban J connectivity index is 2.50. The van der Waals surface area contributed by atoms with E-state index in [2.05, 4.69) is 0 Å². The van der Waals surface area contributed by atoms with E-state index in [0.717, 1.165) is 12.1 Å². The largest absolute Gasteiger partial charge is 0.497 e. The van der Waals surface area contributed by atoms with Gasteiger partial charge in [0.15, 0.2) is 0 Å². The summed E-state index contributed by atoms with van der Waals surface area (Å²) in [4.78, 5) is 11.3. The van der Waals surface area contributed by atoms with Gasteiger partial charge in [-0.2, -0.15) is 13.2 Å². The Kier molecular flexibility index (Phi) is 5.36. The van der Waals surface area contributed by atoms with E-state index in [9.17, 15) is 23.1 Å². The third-order valence-corrected chi connectivity index (χ3v) is 4.91. The van der Waals surface area contributed by atoms with E-state index in [1.807, 2.05) is 0 Å². The highest BCUT2D eigenvalue weighted by molar-refractivity contribution is 6.48. The molecule has 0 aliphatic carbocycles. The molecule has 1 aromatic rings. The van der Waals surface area contributed by atoms with Gasteiger partial charge in [0.25, 0.3) is 0 Å². The Morgan fingerprint density at radius 1 is 1.19 bits per heavy atom. The quantitative estimate of drug-likeness (QED) is 0.792. The van der Waals surface area contributed by atoms with Gasteiger partial charge >= 0.3 is 19.3 Å². The van der Waals surface area contributed by atoms with E-state index in [1.54, 1.807) is 27.7 Å². The minimum absolute atomic E-state index is 0.0123. The predicted octanol–water partition coefficient (Wildman–Crippen LogP) is 3.90. The molecule has 1 aliphatic heterocycles. The van der Waals surface area contributed by atoms with Gasteiger partial charge in [-0.3, -0.25) is 4.79 Å². The molecule has 144 valence electrons. The number of benzene rings is 1. The molecule has 5 nitrogen and oxygen atoms in total. The van der Waals surface area contributed by atoms with Crippen LogP contribution in [-0.4, -0.2) is 36.5 Å². The van der Waals surface area contributed by atoms with Crippen LogP contribution in [0.25, 0.3) is 0 Å². The summed E-state index contributed by atoms with van der Waals surface area (Å²) in [5, 5.41) is 9.26. The number of methoxy groups -OCH3 is 1. The summed E-state index contributed by atoms with van der Waals surface area (Å²) in [6.07, 6.45) is -5.03. The lowest BCUT2D eigenvalue weighted by molar-refractivity contribution is -0.138. The van der Waals surface area contributed by atoms with Gasteiger partial charge in [0.05, 0.1) is 30.3 Å². The SMILES string of the molecule is COc1cc(C(CC(=O)O)B2OC(C)(C)C(C)(C)O2)cc(C(F)(F)F)c1. The van der Waals surface area contributed by atoms with Crippen molar-refractivity contribution in [3.8, 4) is 5.75 Å². The maximum absolute atomic E-state index is 13.2. The van der Waals surface area contributed by atoms with Gasteiger partial charge in [-0.05, 0) is 51.5 Å². The number of ether oxygens (including phenoxy) is 1. The molecule has 0 spiro atoms. The summed E-state index contributed by atoms with van der Waals surface area (Å²) in [6, 6.07) is 3.17. The Morgan fingerprint density at radius 2 is 1.73 bits per heavy atom. The van der Waals surface area contributed by atoms with Crippen molar-refractivity contribution in [3.05, 3.63) is 29.3 Å². The van der Waals surface area contributed by atoms with Crippen LogP contribution < -0.4 is 4.74 Å². The predicted molar refractivity (Wildman–Crippen MR) is 89.1 cm³/mol. The maximum Gasteiger partial charge on any atom is 0.466 e. The van der Waals surface area contributed by atoms with Crippen LogP contribution in [0.15, 0.2) is 18.2 Å². The second kappa shape index (κ2) is 6.77. The van der Waals surface area contributed by atoms with Crippen molar-refractivity contribution >= 4 is 13.1 Å². The summed E-state index contributed by atoms with van der Waals surface area (Å²) < 4.78 is 56.3. The third-order valence-electron chi connectivity index (χ3n) is 4.91. The lowest BCUT2D eigenvalue weighted by Crippen LogP contribution is -2.41. The first-order valence-electron chi connectivity index (χ1n) is 8.10. The van der Waals surface area contributed by atoms with Crippen molar-refractivity contribution in [1.82, 2.24) is 0 Å². The number of carboxylic acids is 1. The molecular formula is C17H22BF3O5. The van der Waals surface area contributed by atoms with Crippen LogP contribution in [0.3, 0.4) is 0 Å². The molecule has 1 aliphatic rings. The van der Waals surface area contributed by atoms with Crippen molar-refractivity contribution < 1.29 is 37.1 Å². The highest BCUT2D eigenvalue weighted by atomic mass is 19.4. The van der Waals surface area contributed by atoms with Crippen molar-refractivity contribution in [2.24, 2.45) is 0 Å². The summed E-state index contributed by atoms with van der Waals surface area (Å²) in [7, 11) is 0.254. The average molecular weight is 374 g/mol. The fourth-order valence-corrected chi connectivity index (χ4v) is 2.73. The highest BCUT2D eigenvalue weighted by Gasteiger charge is 2.54. The monoisotopic (exact) mass is 374 g/mol. The standard InChI is InChI=1S/C17H22BF3O5/c1-15(2)16(3,4)26-18(25-15)13(9-14(22)23)10-6-11(17(19,20)21)8-12(7-10)24-5/h6-8,13H,9H2,1-5H3,(H,22,23). The second-order valence-corrected chi connectivity index (χ2v) is 7.32. The zero-order valence-electron chi connectivity index (χ0n) is 15.3. The minimum Gasteiger partial charge on any atom is -0.497 e. The first-order valence-corrected chi connectivity index (χ1v) is 8.10. The average Bonchev–Trinajstić information content (AvgIpc) is 2.71. The van der Waals surface area contributed by atoms with E-state index >= 15 is 0 Å². The van der Waals surface area contributed by atoms with Gasteiger partial charge in [0, 0.05) is 5.82 Å². The molecule has 0 radical (unpaired) electrons. The molecule has 1 fully saturated rings. The summed E-state index contributed by atoms with van der Waals surface area (Å²) >= 11 is 0. The molecule has 1 atom stereocenters. The van der Waals surface area contributed by atoms with Crippen LogP contribution in [0.5, 0.6) is 5.75 Å². The van der Waals surface area contributed by atoms with Crippen LogP contribution in [0.2, 0.25) is 0 Å². The van der Waals surface area contributed by atoms with Crippen molar-refractivity contribution in [2.75, 3.05) is 7.11 Å². The second-order valence-electron chi connectivity index (χ2n) is 7.32. The van der Waals surface area contributed by atoms with E-state index in [1.165, 1.54) is 13.2 Å². The van der Waals surface area contributed by atoms with E-state index in [-0.39, 0.29) is 11.3 Å². The molecule has 0 saturated carbocycles. The number of aliphatic carboxylic acids is 1. The lowest BCUT2D eigenvalue weighted by atomic mass is 9.66. The highest BCUT2D eigenvalue weighted by Crippen LogP contribution is 2.43. The van der Waals surface area contributed by atoms with Crippen molar-refractivity contribution in [1.29, 1.82) is 0 Å². The van der Waals surface area contributed by atoms with E-state index in [0.29, 0.717) is 0 Å². The zero-order chi connectivity index (χ0) is 19.9. The molecular weight excluding hydrogens is 352 g/mol. The number of hydrogen-bond acceptors (Lipinski definition) is 4. The topological polar surface area (TPSA) is 65.0 Å². The molecule has 1 saturated heterocycles. The van der Waals surface area contributed by atoms with Crippen molar-refractivity contribution in [3.63, 3.8) is 0 Å². The van der Waals surface area contributed by atoms with Gasteiger partial charge in [0.2, 0.25) is 0 Å². The molecule has 1 N–H and O–H groups in total. The van der Waals surface area contributed by atoms with Gasteiger partial charge in [0.1, 0.15) is 5.75 Å². The van der Waals surface area contributed by atoms with Crippen LogP contribution >= 0.6 is 0 Å². The van der Waals surface area contributed by atoms with E-state index < -0.39 is 48.3 Å². The first-order chi connectivity index (χ1) is 11.8. The van der Waals surface area contributed by atoms with Gasteiger partial charge in [-0.1, -0.05) is 0 Å². The minimum atomic E-state index is -4.59. The number of carbonyl (C=O) groups is 1. The molecule has 0 bridgehead atoms. The molecule has 1 heterocycles. The fraction of sp³-hybridized carbons (Fsp3) is 0.588. The van der Waals surface area contributed by atoms with Crippen molar-refractivity contribution in [2.45, 2.75) is 57.3 Å². The van der Waals surface area contributed by atoms with Gasteiger partial charge in [-0.15, -0.1) is 0 Å². The number of alkyl halides is 3. The summed E-state index contributed by atoms with van der Waals surface area (Å²) in [6.45, 7) is 7.16. The fourth-order valence-electron chi connectivity index (χ4n) is 2.73. The molecule has 9 heteroatoms. The number of hydrogen-bond donors (Lipinski definition) is 1. The van der Waals surface area contributed by atoms with Crippen LogP contribution in [-0.2, 0) is 20.3 Å². The molecule has 1 aromatic carbocycles.